The molecule has 1 aromatic rings. The van der Waals surface area contributed by atoms with Crippen LogP contribution in [-0.4, -0.2) is 18.4 Å². The Balaban J connectivity index is 2.76. The summed E-state index contributed by atoms with van der Waals surface area (Å²) in [7, 11) is 0. The molecule has 0 aliphatic rings. The molecule has 1 rings (SSSR count). The Bertz CT molecular complexity index is 355. The van der Waals surface area contributed by atoms with Gasteiger partial charge in [0.15, 0.2) is 0 Å². The minimum atomic E-state index is -0.212. The Morgan fingerprint density at radius 1 is 1.50 bits per heavy atom. The second-order valence-electron chi connectivity index (χ2n) is 3.47. The number of carbonyl (C=O) groups excluding carboxylic acids is 1. The summed E-state index contributed by atoms with van der Waals surface area (Å²) >= 11 is 5.62. The lowest BCUT2D eigenvalue weighted by molar-refractivity contribution is -0.118. The number of nitrogens with one attached hydrogen (secondary N) is 1. The molecular formula is C12H16ClNO2. The zero-order valence-corrected chi connectivity index (χ0v) is 10.3. The van der Waals surface area contributed by atoms with E-state index in [0.29, 0.717) is 23.9 Å². The van der Waals surface area contributed by atoms with Gasteiger partial charge in [-0.05, 0) is 19.1 Å². The number of amides is 1. The third kappa shape index (κ3) is 3.42. The fraction of sp³-hybridized carbons (Fsp3) is 0.417. The number of hydrogen-bond acceptors (Lipinski definition) is 2. The highest BCUT2D eigenvalue weighted by Gasteiger charge is 2.13. The predicted octanol–water partition coefficient (Wildman–Crippen LogP) is 2.90. The lowest BCUT2D eigenvalue weighted by Gasteiger charge is -2.13. The van der Waals surface area contributed by atoms with Crippen LogP contribution in [0.4, 0.5) is 5.69 Å². The van der Waals surface area contributed by atoms with Gasteiger partial charge in [0, 0.05) is 11.8 Å². The lowest BCUT2D eigenvalue weighted by atomic mass is 10.2. The Kier molecular flexibility index (Phi) is 5.12. The monoisotopic (exact) mass is 241 g/mol. The predicted molar refractivity (Wildman–Crippen MR) is 66.1 cm³/mol. The molecule has 88 valence electrons. The SMILES string of the molecule is CCOc1ccccc1NC(=O)C(C)CCl. The maximum absolute atomic E-state index is 11.6. The number of alkyl halides is 1. The van der Waals surface area contributed by atoms with E-state index in [0.717, 1.165) is 0 Å². The van der Waals surface area contributed by atoms with Gasteiger partial charge in [-0.15, -0.1) is 11.6 Å². The van der Waals surface area contributed by atoms with Gasteiger partial charge < -0.3 is 10.1 Å². The number of anilines is 1. The molecule has 0 radical (unpaired) electrons. The lowest BCUT2D eigenvalue weighted by Crippen LogP contribution is -2.21. The summed E-state index contributed by atoms with van der Waals surface area (Å²) in [5.74, 6) is 0.682. The second-order valence-corrected chi connectivity index (χ2v) is 3.78. The number of ether oxygens (including phenoxy) is 1. The topological polar surface area (TPSA) is 38.3 Å². The van der Waals surface area contributed by atoms with Crippen LogP contribution in [0.2, 0.25) is 0 Å². The van der Waals surface area contributed by atoms with E-state index in [9.17, 15) is 4.79 Å². The van der Waals surface area contributed by atoms with E-state index < -0.39 is 0 Å². The van der Waals surface area contributed by atoms with Crippen molar-refractivity contribution >= 4 is 23.2 Å². The zero-order chi connectivity index (χ0) is 12.0. The Morgan fingerprint density at radius 3 is 2.81 bits per heavy atom. The van der Waals surface area contributed by atoms with Crippen LogP contribution in [0, 0.1) is 5.92 Å². The number of benzene rings is 1. The van der Waals surface area contributed by atoms with E-state index >= 15 is 0 Å². The van der Waals surface area contributed by atoms with E-state index in [-0.39, 0.29) is 11.8 Å². The minimum absolute atomic E-state index is 0.0952. The van der Waals surface area contributed by atoms with Crippen molar-refractivity contribution < 1.29 is 9.53 Å². The molecule has 0 fully saturated rings. The highest BCUT2D eigenvalue weighted by atomic mass is 35.5. The van der Waals surface area contributed by atoms with Crippen molar-refractivity contribution in [3.8, 4) is 5.75 Å². The normalized spacial score (nSPS) is 11.9. The van der Waals surface area contributed by atoms with Crippen LogP contribution in [0.3, 0.4) is 0 Å². The number of para-hydroxylation sites is 2. The number of halogens is 1. The largest absolute Gasteiger partial charge is 0.492 e. The average molecular weight is 242 g/mol. The van der Waals surface area contributed by atoms with Gasteiger partial charge in [0.1, 0.15) is 5.75 Å². The summed E-state index contributed by atoms with van der Waals surface area (Å²) in [6.07, 6.45) is 0. The van der Waals surface area contributed by atoms with E-state index in [4.69, 9.17) is 16.3 Å². The van der Waals surface area contributed by atoms with Crippen molar-refractivity contribution in [2.75, 3.05) is 17.8 Å². The van der Waals surface area contributed by atoms with Gasteiger partial charge in [0.25, 0.3) is 0 Å². The van der Waals surface area contributed by atoms with Gasteiger partial charge >= 0.3 is 0 Å². The zero-order valence-electron chi connectivity index (χ0n) is 9.50. The van der Waals surface area contributed by atoms with Gasteiger partial charge in [-0.3, -0.25) is 4.79 Å². The summed E-state index contributed by atoms with van der Waals surface area (Å²) in [5, 5.41) is 2.80. The summed E-state index contributed by atoms with van der Waals surface area (Å²) < 4.78 is 5.40. The molecule has 0 saturated carbocycles. The first-order chi connectivity index (χ1) is 7.69. The molecule has 0 saturated heterocycles. The van der Waals surface area contributed by atoms with Crippen molar-refractivity contribution in [1.29, 1.82) is 0 Å². The minimum Gasteiger partial charge on any atom is -0.492 e. The fourth-order valence-corrected chi connectivity index (χ4v) is 1.32. The van der Waals surface area contributed by atoms with Gasteiger partial charge in [-0.25, -0.2) is 0 Å². The average Bonchev–Trinajstić information content (AvgIpc) is 2.31. The third-order valence-electron chi connectivity index (χ3n) is 2.12. The van der Waals surface area contributed by atoms with E-state index in [1.807, 2.05) is 31.2 Å². The molecule has 0 aliphatic heterocycles. The van der Waals surface area contributed by atoms with E-state index in [1.54, 1.807) is 6.92 Å². The van der Waals surface area contributed by atoms with Crippen LogP contribution in [-0.2, 0) is 4.79 Å². The first-order valence-corrected chi connectivity index (χ1v) is 5.81. The van der Waals surface area contributed by atoms with Crippen molar-refractivity contribution in [2.45, 2.75) is 13.8 Å². The summed E-state index contributed by atoms with van der Waals surface area (Å²) in [4.78, 5) is 11.6. The van der Waals surface area contributed by atoms with Gasteiger partial charge in [-0.1, -0.05) is 19.1 Å². The highest BCUT2D eigenvalue weighted by molar-refractivity contribution is 6.19. The van der Waals surface area contributed by atoms with Crippen LogP contribution < -0.4 is 10.1 Å². The van der Waals surface area contributed by atoms with Gasteiger partial charge in [0.2, 0.25) is 5.91 Å². The van der Waals surface area contributed by atoms with Crippen LogP contribution in [0.5, 0.6) is 5.75 Å². The standard InChI is InChI=1S/C12H16ClNO2/c1-3-16-11-7-5-4-6-10(11)14-12(15)9(2)8-13/h4-7,9H,3,8H2,1-2H3,(H,14,15). The molecule has 0 bridgehead atoms. The van der Waals surface area contributed by atoms with Crippen LogP contribution >= 0.6 is 11.6 Å². The van der Waals surface area contributed by atoms with Crippen LogP contribution in [0.15, 0.2) is 24.3 Å². The van der Waals surface area contributed by atoms with Gasteiger partial charge in [-0.2, -0.15) is 0 Å². The third-order valence-corrected chi connectivity index (χ3v) is 2.59. The maximum atomic E-state index is 11.6. The second kappa shape index (κ2) is 6.38. The molecule has 0 aromatic heterocycles. The quantitative estimate of drug-likeness (QED) is 0.805. The number of hydrogen-bond donors (Lipinski definition) is 1. The molecule has 0 aliphatic carbocycles. The molecule has 1 amide bonds. The molecule has 3 nitrogen and oxygen atoms in total. The number of rotatable bonds is 5. The molecule has 1 aromatic carbocycles. The first kappa shape index (κ1) is 12.8. The summed E-state index contributed by atoms with van der Waals surface area (Å²) in [5.41, 5.74) is 0.686. The van der Waals surface area contributed by atoms with Crippen molar-refractivity contribution in [3.63, 3.8) is 0 Å². The molecule has 0 spiro atoms. The smallest absolute Gasteiger partial charge is 0.228 e. The van der Waals surface area contributed by atoms with Crippen molar-refractivity contribution in [2.24, 2.45) is 5.92 Å². The highest BCUT2D eigenvalue weighted by Crippen LogP contribution is 2.24. The summed E-state index contributed by atoms with van der Waals surface area (Å²) in [6, 6.07) is 7.35. The molecule has 1 atom stereocenters. The number of carbonyl (C=O) groups is 1. The first-order valence-electron chi connectivity index (χ1n) is 5.27. The Morgan fingerprint density at radius 2 is 2.19 bits per heavy atom. The molecule has 4 heteroatoms. The van der Waals surface area contributed by atoms with Gasteiger partial charge in [0.05, 0.1) is 12.3 Å². The Labute approximate surface area is 101 Å². The van der Waals surface area contributed by atoms with E-state index in [1.165, 1.54) is 0 Å². The maximum Gasteiger partial charge on any atom is 0.228 e. The molecular weight excluding hydrogens is 226 g/mol. The fourth-order valence-electron chi connectivity index (χ4n) is 1.18. The van der Waals surface area contributed by atoms with Crippen LogP contribution in [0.25, 0.3) is 0 Å². The molecule has 0 heterocycles. The molecule has 16 heavy (non-hydrogen) atoms. The van der Waals surface area contributed by atoms with E-state index in [2.05, 4.69) is 5.32 Å². The Hall–Kier alpha value is -1.22. The van der Waals surface area contributed by atoms with Crippen LogP contribution in [0.1, 0.15) is 13.8 Å². The molecule has 1 N–H and O–H groups in total. The molecule has 1 unspecified atom stereocenters. The van der Waals surface area contributed by atoms with Crippen molar-refractivity contribution in [3.05, 3.63) is 24.3 Å². The summed E-state index contributed by atoms with van der Waals surface area (Å²) in [6.45, 7) is 4.25. The van der Waals surface area contributed by atoms with Crippen molar-refractivity contribution in [1.82, 2.24) is 0 Å².